The Balaban J connectivity index is 3.08. The Labute approximate surface area is 59.7 Å². The lowest BCUT2D eigenvalue weighted by Crippen LogP contribution is -1.99. The van der Waals surface area contributed by atoms with Crippen molar-refractivity contribution in [2.45, 2.75) is 6.54 Å². The molecule has 0 aromatic heterocycles. The Hall–Kier alpha value is -1.15. The second kappa shape index (κ2) is 3.13. The number of nitrogens with two attached hydrogens (primary N) is 1. The molecular formula is C8H8NO. The average Bonchev–Trinajstić information content (AvgIpc) is 2.04. The van der Waals surface area contributed by atoms with E-state index in [0.29, 0.717) is 12.1 Å². The highest BCUT2D eigenvalue weighted by atomic mass is 16.1. The van der Waals surface area contributed by atoms with E-state index in [2.05, 4.69) is 0 Å². The predicted octanol–water partition coefficient (Wildman–Crippen LogP) is 0.603. The number of hydrogen-bond donors (Lipinski definition) is 1. The first-order chi connectivity index (χ1) is 4.88. The van der Waals surface area contributed by atoms with E-state index in [1.807, 2.05) is 18.4 Å². The monoisotopic (exact) mass is 134 g/mol. The molecule has 1 aromatic carbocycles. The Kier molecular flexibility index (Phi) is 2.18. The molecule has 2 N–H and O–H groups in total. The van der Waals surface area contributed by atoms with Crippen LogP contribution in [0, 0.1) is 0 Å². The molecule has 0 fully saturated rings. The van der Waals surface area contributed by atoms with E-state index in [-0.39, 0.29) is 0 Å². The molecule has 0 amide bonds. The summed E-state index contributed by atoms with van der Waals surface area (Å²) >= 11 is 0. The van der Waals surface area contributed by atoms with Gasteiger partial charge in [0, 0.05) is 12.1 Å². The Bertz CT molecular complexity index is 232. The zero-order valence-electron chi connectivity index (χ0n) is 5.50. The van der Waals surface area contributed by atoms with Gasteiger partial charge in [-0.3, -0.25) is 4.79 Å². The second-order valence-electron chi connectivity index (χ2n) is 1.96. The van der Waals surface area contributed by atoms with E-state index in [0.717, 1.165) is 5.56 Å². The van der Waals surface area contributed by atoms with Crippen LogP contribution < -0.4 is 5.73 Å². The summed E-state index contributed by atoms with van der Waals surface area (Å²) in [6.07, 6.45) is 1.82. The third-order valence-electron chi connectivity index (χ3n) is 1.35. The van der Waals surface area contributed by atoms with Gasteiger partial charge in [-0.1, -0.05) is 24.3 Å². The molecule has 0 saturated carbocycles. The summed E-state index contributed by atoms with van der Waals surface area (Å²) in [6.45, 7) is 0.394. The van der Waals surface area contributed by atoms with Crippen LogP contribution in [0.15, 0.2) is 24.3 Å². The fourth-order valence-electron chi connectivity index (χ4n) is 0.798. The fraction of sp³-hybridized carbons (Fsp3) is 0.125. The molecule has 0 heterocycles. The Morgan fingerprint density at radius 3 is 2.60 bits per heavy atom. The van der Waals surface area contributed by atoms with Gasteiger partial charge in [0.1, 0.15) is 0 Å². The van der Waals surface area contributed by atoms with E-state index in [1.54, 1.807) is 12.1 Å². The Morgan fingerprint density at radius 1 is 1.40 bits per heavy atom. The summed E-state index contributed by atoms with van der Waals surface area (Å²) in [6, 6.07) is 7.16. The standard InChI is InChI=1S/C8H8NO/c9-5-7-3-1-2-4-8(7)6-10/h1-4H,5,9H2. The molecule has 1 rings (SSSR count). The van der Waals surface area contributed by atoms with Gasteiger partial charge in [-0.15, -0.1) is 0 Å². The minimum atomic E-state index is 0.394. The quantitative estimate of drug-likeness (QED) is 0.643. The zero-order valence-corrected chi connectivity index (χ0v) is 5.50. The Morgan fingerprint density at radius 2 is 2.10 bits per heavy atom. The van der Waals surface area contributed by atoms with Gasteiger partial charge in [-0.05, 0) is 5.56 Å². The van der Waals surface area contributed by atoms with Crippen molar-refractivity contribution in [3.63, 3.8) is 0 Å². The highest BCUT2D eigenvalue weighted by molar-refractivity contribution is 5.77. The number of carbonyl (C=O) groups excluding carboxylic acids is 1. The topological polar surface area (TPSA) is 43.1 Å². The summed E-state index contributed by atoms with van der Waals surface area (Å²) in [5.41, 5.74) is 6.75. The van der Waals surface area contributed by atoms with Crippen molar-refractivity contribution in [3.8, 4) is 0 Å². The molecule has 1 aromatic rings. The molecule has 10 heavy (non-hydrogen) atoms. The summed E-state index contributed by atoms with van der Waals surface area (Å²) in [7, 11) is 0. The number of benzene rings is 1. The normalized spacial score (nSPS) is 9.30. The van der Waals surface area contributed by atoms with Crippen LogP contribution >= 0.6 is 0 Å². The SMILES string of the molecule is NCc1ccccc1[C]=O. The first kappa shape index (κ1) is 6.96. The maximum absolute atomic E-state index is 10.2. The van der Waals surface area contributed by atoms with Crippen LogP contribution in [0.4, 0.5) is 0 Å². The fourth-order valence-corrected chi connectivity index (χ4v) is 0.798. The molecule has 0 aliphatic heterocycles. The van der Waals surface area contributed by atoms with Gasteiger partial charge in [0.15, 0.2) is 0 Å². The first-order valence-corrected chi connectivity index (χ1v) is 3.04. The highest BCUT2D eigenvalue weighted by Crippen LogP contribution is 2.03. The van der Waals surface area contributed by atoms with Crippen molar-refractivity contribution in [2.75, 3.05) is 0 Å². The van der Waals surface area contributed by atoms with E-state index in [1.165, 1.54) is 0 Å². The lowest BCUT2D eigenvalue weighted by Gasteiger charge is -1.96. The van der Waals surface area contributed by atoms with Gasteiger partial charge in [-0.2, -0.15) is 0 Å². The molecule has 0 saturated heterocycles. The van der Waals surface area contributed by atoms with Crippen molar-refractivity contribution in [1.82, 2.24) is 0 Å². The largest absolute Gasteiger partial charge is 0.326 e. The van der Waals surface area contributed by atoms with Crippen molar-refractivity contribution >= 4 is 6.29 Å². The average molecular weight is 134 g/mol. The van der Waals surface area contributed by atoms with Crippen LogP contribution in [-0.2, 0) is 11.3 Å². The van der Waals surface area contributed by atoms with E-state index < -0.39 is 0 Å². The first-order valence-electron chi connectivity index (χ1n) is 3.04. The van der Waals surface area contributed by atoms with Gasteiger partial charge >= 0.3 is 0 Å². The van der Waals surface area contributed by atoms with E-state index in [9.17, 15) is 4.79 Å². The van der Waals surface area contributed by atoms with Gasteiger partial charge in [-0.25, -0.2) is 0 Å². The van der Waals surface area contributed by atoms with Crippen LogP contribution in [0.2, 0.25) is 0 Å². The van der Waals surface area contributed by atoms with E-state index >= 15 is 0 Å². The maximum Gasteiger partial charge on any atom is 0.233 e. The molecule has 2 heteroatoms. The summed E-state index contributed by atoms with van der Waals surface area (Å²) in [5.74, 6) is 0. The smallest absolute Gasteiger partial charge is 0.233 e. The summed E-state index contributed by atoms with van der Waals surface area (Å²) in [5, 5.41) is 0. The van der Waals surface area contributed by atoms with Crippen LogP contribution in [0.1, 0.15) is 11.1 Å². The van der Waals surface area contributed by atoms with E-state index in [4.69, 9.17) is 5.73 Å². The number of rotatable bonds is 2. The molecule has 51 valence electrons. The highest BCUT2D eigenvalue weighted by Gasteiger charge is 1.96. The van der Waals surface area contributed by atoms with Crippen molar-refractivity contribution in [1.29, 1.82) is 0 Å². The number of hydrogen-bond acceptors (Lipinski definition) is 2. The molecular weight excluding hydrogens is 126 g/mol. The van der Waals surface area contributed by atoms with Gasteiger partial charge in [0.05, 0.1) is 0 Å². The lowest BCUT2D eigenvalue weighted by molar-refractivity contribution is 0.562. The second-order valence-corrected chi connectivity index (χ2v) is 1.96. The van der Waals surface area contributed by atoms with Gasteiger partial charge in [0.25, 0.3) is 0 Å². The molecule has 0 spiro atoms. The van der Waals surface area contributed by atoms with Crippen LogP contribution in [0.3, 0.4) is 0 Å². The van der Waals surface area contributed by atoms with Crippen molar-refractivity contribution < 1.29 is 4.79 Å². The van der Waals surface area contributed by atoms with Gasteiger partial charge < -0.3 is 5.73 Å². The van der Waals surface area contributed by atoms with Crippen molar-refractivity contribution in [3.05, 3.63) is 35.4 Å². The predicted molar refractivity (Wildman–Crippen MR) is 39.1 cm³/mol. The molecule has 0 atom stereocenters. The lowest BCUT2D eigenvalue weighted by atomic mass is 10.1. The molecule has 0 aliphatic rings. The molecule has 0 aliphatic carbocycles. The summed E-state index contributed by atoms with van der Waals surface area (Å²) in [4.78, 5) is 10.2. The third kappa shape index (κ3) is 1.22. The third-order valence-corrected chi connectivity index (χ3v) is 1.35. The van der Waals surface area contributed by atoms with Crippen LogP contribution in [0.5, 0.6) is 0 Å². The minimum absolute atomic E-state index is 0.394. The van der Waals surface area contributed by atoms with Crippen LogP contribution in [-0.4, -0.2) is 6.29 Å². The van der Waals surface area contributed by atoms with Crippen molar-refractivity contribution in [2.24, 2.45) is 5.73 Å². The van der Waals surface area contributed by atoms with Gasteiger partial charge in [0.2, 0.25) is 6.29 Å². The molecule has 2 nitrogen and oxygen atoms in total. The van der Waals surface area contributed by atoms with Crippen LogP contribution in [0.25, 0.3) is 0 Å². The summed E-state index contributed by atoms with van der Waals surface area (Å²) < 4.78 is 0. The minimum Gasteiger partial charge on any atom is -0.326 e. The maximum atomic E-state index is 10.2. The molecule has 0 unspecified atom stereocenters. The zero-order chi connectivity index (χ0) is 7.40. The molecule has 0 bridgehead atoms. The molecule has 1 radical (unpaired) electrons.